The second-order valence-corrected chi connectivity index (χ2v) is 7.89. The number of hydrogen-bond donors (Lipinski definition) is 1. The van der Waals surface area contributed by atoms with Gasteiger partial charge in [-0.2, -0.15) is 0 Å². The zero-order valence-electron chi connectivity index (χ0n) is 17.3. The average molecular weight is 371 g/mol. The second-order valence-electron chi connectivity index (χ2n) is 7.89. The molecule has 26 heavy (non-hydrogen) atoms. The quantitative estimate of drug-likeness (QED) is 0.208. The smallest absolute Gasteiger partial charge is 0.305 e. The third kappa shape index (κ3) is 21.0. The summed E-state index contributed by atoms with van der Waals surface area (Å²) in [6.07, 6.45) is 16.6. The zero-order valence-corrected chi connectivity index (χ0v) is 17.3. The molecule has 0 aliphatic heterocycles. The van der Waals surface area contributed by atoms with E-state index in [0.717, 1.165) is 57.3 Å². The zero-order chi connectivity index (χ0) is 19.5. The van der Waals surface area contributed by atoms with E-state index in [0.29, 0.717) is 19.4 Å². The van der Waals surface area contributed by atoms with Crippen LogP contribution in [0.2, 0.25) is 0 Å². The van der Waals surface area contributed by atoms with Crippen molar-refractivity contribution in [3.8, 4) is 0 Å². The van der Waals surface area contributed by atoms with Crippen molar-refractivity contribution in [3.63, 3.8) is 0 Å². The monoisotopic (exact) mass is 370 g/mol. The van der Waals surface area contributed by atoms with Gasteiger partial charge in [0, 0.05) is 12.8 Å². The molecule has 0 aromatic rings. The van der Waals surface area contributed by atoms with Crippen molar-refractivity contribution in [3.05, 3.63) is 0 Å². The van der Waals surface area contributed by atoms with E-state index in [-0.39, 0.29) is 5.97 Å². The Hall–Kier alpha value is -1.06. The van der Waals surface area contributed by atoms with Crippen molar-refractivity contribution >= 4 is 11.9 Å². The van der Waals surface area contributed by atoms with Gasteiger partial charge in [0.1, 0.15) is 0 Å². The molecule has 0 saturated heterocycles. The van der Waals surface area contributed by atoms with Crippen molar-refractivity contribution in [1.29, 1.82) is 0 Å². The van der Waals surface area contributed by atoms with Gasteiger partial charge in [-0.3, -0.25) is 9.59 Å². The van der Waals surface area contributed by atoms with Gasteiger partial charge >= 0.3 is 11.9 Å². The number of carboxylic acid groups (broad SMARTS) is 1. The molecule has 1 N–H and O–H groups in total. The molecule has 0 atom stereocenters. The molecule has 0 aliphatic carbocycles. The van der Waals surface area contributed by atoms with Gasteiger partial charge in [0.2, 0.25) is 0 Å². The molecule has 0 aliphatic rings. The van der Waals surface area contributed by atoms with Crippen molar-refractivity contribution in [2.75, 3.05) is 6.61 Å². The second kappa shape index (κ2) is 18.7. The normalized spacial score (nSPS) is 11.0. The minimum atomic E-state index is -0.696. The molecule has 0 unspecified atom stereocenters. The standard InChI is InChI=1S/C22H42O4/c1-20(2)16-12-8-7-11-15-19-26-22(25)18-14-10-6-4-3-5-9-13-17-21(23)24/h20H,3-19H2,1-2H3,(H,23,24). The van der Waals surface area contributed by atoms with Crippen LogP contribution >= 0.6 is 0 Å². The summed E-state index contributed by atoms with van der Waals surface area (Å²) in [6, 6.07) is 0. The fraction of sp³-hybridized carbons (Fsp3) is 0.909. The number of ether oxygens (including phenoxy) is 1. The van der Waals surface area contributed by atoms with Crippen LogP contribution in [-0.4, -0.2) is 23.7 Å². The molecule has 154 valence electrons. The number of rotatable bonds is 19. The molecule has 0 aromatic heterocycles. The van der Waals surface area contributed by atoms with Gasteiger partial charge < -0.3 is 9.84 Å². The molecular formula is C22H42O4. The highest BCUT2D eigenvalue weighted by atomic mass is 16.5. The molecule has 0 fully saturated rings. The van der Waals surface area contributed by atoms with Crippen LogP contribution in [0.3, 0.4) is 0 Å². The Balaban J connectivity index is 3.19. The van der Waals surface area contributed by atoms with E-state index in [1.165, 1.54) is 38.5 Å². The molecular weight excluding hydrogens is 328 g/mol. The summed E-state index contributed by atoms with van der Waals surface area (Å²) in [6.45, 7) is 5.12. The van der Waals surface area contributed by atoms with Gasteiger partial charge in [0.05, 0.1) is 6.61 Å². The summed E-state index contributed by atoms with van der Waals surface area (Å²) >= 11 is 0. The molecule has 0 saturated carbocycles. The summed E-state index contributed by atoms with van der Waals surface area (Å²) in [4.78, 5) is 22.0. The SMILES string of the molecule is CC(C)CCCCCCCOC(=O)CCCCCCCCCCC(=O)O. The Kier molecular flexibility index (Phi) is 18.0. The molecule has 0 spiro atoms. The van der Waals surface area contributed by atoms with Gasteiger partial charge in [-0.25, -0.2) is 0 Å². The predicted octanol–water partition coefficient (Wildman–Crippen LogP) is 6.51. The van der Waals surface area contributed by atoms with Crippen LogP contribution in [-0.2, 0) is 14.3 Å². The van der Waals surface area contributed by atoms with Gasteiger partial charge in [0.25, 0.3) is 0 Å². The number of carboxylic acids is 1. The molecule has 4 heteroatoms. The molecule has 0 aromatic carbocycles. The highest BCUT2D eigenvalue weighted by Gasteiger charge is 2.03. The minimum absolute atomic E-state index is 0.0431. The van der Waals surface area contributed by atoms with Crippen molar-refractivity contribution in [2.24, 2.45) is 5.92 Å². The summed E-state index contributed by atoms with van der Waals surface area (Å²) < 4.78 is 5.29. The first-order chi connectivity index (χ1) is 12.5. The number of unbranched alkanes of at least 4 members (excludes halogenated alkanes) is 11. The molecule has 0 amide bonds. The number of esters is 1. The van der Waals surface area contributed by atoms with Gasteiger partial charge in [0.15, 0.2) is 0 Å². The molecule has 0 bridgehead atoms. The van der Waals surface area contributed by atoms with Crippen LogP contribution < -0.4 is 0 Å². The highest BCUT2D eigenvalue weighted by molar-refractivity contribution is 5.69. The summed E-state index contributed by atoms with van der Waals surface area (Å²) in [7, 11) is 0. The van der Waals surface area contributed by atoms with Crippen molar-refractivity contribution < 1.29 is 19.4 Å². The molecule has 0 heterocycles. The first-order valence-electron chi connectivity index (χ1n) is 10.9. The van der Waals surface area contributed by atoms with Gasteiger partial charge in [-0.1, -0.05) is 84.5 Å². The number of carbonyl (C=O) groups excluding carboxylic acids is 1. The Labute approximate surface area is 161 Å². The number of aliphatic carboxylic acids is 1. The van der Waals surface area contributed by atoms with E-state index in [9.17, 15) is 9.59 Å². The Morgan fingerprint density at radius 3 is 1.69 bits per heavy atom. The first kappa shape index (κ1) is 24.9. The minimum Gasteiger partial charge on any atom is -0.481 e. The van der Waals surface area contributed by atoms with Gasteiger partial charge in [-0.15, -0.1) is 0 Å². The maximum Gasteiger partial charge on any atom is 0.305 e. The average Bonchev–Trinajstić information content (AvgIpc) is 2.58. The Bertz CT molecular complexity index is 339. The van der Waals surface area contributed by atoms with Crippen LogP contribution in [0.1, 0.15) is 117 Å². The van der Waals surface area contributed by atoms with Crippen LogP contribution in [0.5, 0.6) is 0 Å². The fourth-order valence-electron chi connectivity index (χ4n) is 3.05. The Morgan fingerprint density at radius 2 is 1.15 bits per heavy atom. The van der Waals surface area contributed by atoms with E-state index in [4.69, 9.17) is 9.84 Å². The molecule has 4 nitrogen and oxygen atoms in total. The molecule has 0 rings (SSSR count). The van der Waals surface area contributed by atoms with Crippen molar-refractivity contribution in [1.82, 2.24) is 0 Å². The summed E-state index contributed by atoms with van der Waals surface area (Å²) in [5.41, 5.74) is 0. The largest absolute Gasteiger partial charge is 0.481 e. The number of carbonyl (C=O) groups is 2. The maximum atomic E-state index is 11.6. The fourth-order valence-corrected chi connectivity index (χ4v) is 3.05. The lowest BCUT2D eigenvalue weighted by Crippen LogP contribution is -2.05. The summed E-state index contributed by atoms with van der Waals surface area (Å²) in [5.74, 6) is 0.0665. The Morgan fingerprint density at radius 1 is 0.692 bits per heavy atom. The van der Waals surface area contributed by atoms with Crippen LogP contribution in [0.15, 0.2) is 0 Å². The first-order valence-corrected chi connectivity index (χ1v) is 10.9. The lowest BCUT2D eigenvalue weighted by molar-refractivity contribution is -0.144. The van der Waals surface area contributed by atoms with E-state index < -0.39 is 5.97 Å². The van der Waals surface area contributed by atoms with Gasteiger partial charge in [-0.05, 0) is 25.2 Å². The third-order valence-corrected chi connectivity index (χ3v) is 4.71. The lowest BCUT2D eigenvalue weighted by Gasteiger charge is -2.06. The maximum absolute atomic E-state index is 11.6. The summed E-state index contributed by atoms with van der Waals surface area (Å²) in [5, 5.41) is 8.55. The van der Waals surface area contributed by atoms with Crippen molar-refractivity contribution in [2.45, 2.75) is 117 Å². The van der Waals surface area contributed by atoms with Crippen LogP contribution in [0.25, 0.3) is 0 Å². The number of hydrogen-bond acceptors (Lipinski definition) is 3. The highest BCUT2D eigenvalue weighted by Crippen LogP contribution is 2.12. The van der Waals surface area contributed by atoms with Crippen LogP contribution in [0, 0.1) is 5.92 Å². The van der Waals surface area contributed by atoms with Crippen LogP contribution in [0.4, 0.5) is 0 Å². The van der Waals surface area contributed by atoms with E-state index >= 15 is 0 Å². The third-order valence-electron chi connectivity index (χ3n) is 4.71. The topological polar surface area (TPSA) is 63.6 Å². The van der Waals surface area contributed by atoms with E-state index in [1.54, 1.807) is 0 Å². The van der Waals surface area contributed by atoms with E-state index in [2.05, 4.69) is 13.8 Å². The lowest BCUT2D eigenvalue weighted by atomic mass is 10.0. The predicted molar refractivity (Wildman–Crippen MR) is 107 cm³/mol. The molecule has 0 radical (unpaired) electrons. The van der Waals surface area contributed by atoms with E-state index in [1.807, 2.05) is 0 Å².